The molecule has 2 aromatic rings. The van der Waals surface area contributed by atoms with Crippen LogP contribution in [0.15, 0.2) is 22.7 Å². The van der Waals surface area contributed by atoms with Crippen molar-refractivity contribution >= 4 is 17.5 Å². The zero-order valence-corrected chi connectivity index (χ0v) is 14.1. The molecule has 0 aliphatic rings. The van der Waals surface area contributed by atoms with Crippen LogP contribution >= 0.6 is 0 Å². The van der Waals surface area contributed by atoms with Crippen molar-refractivity contribution in [1.82, 2.24) is 10.1 Å². The van der Waals surface area contributed by atoms with Crippen molar-refractivity contribution in [2.75, 3.05) is 10.6 Å². The molecular formula is C16H21FN4O3. The average Bonchev–Trinajstić information content (AvgIpc) is 2.92. The summed E-state index contributed by atoms with van der Waals surface area (Å²) < 4.78 is 24.3. The van der Waals surface area contributed by atoms with Gasteiger partial charge in [-0.2, -0.15) is 4.98 Å². The summed E-state index contributed by atoms with van der Waals surface area (Å²) in [7, 11) is 0. The van der Waals surface area contributed by atoms with Crippen LogP contribution in [0.1, 0.15) is 39.4 Å². The van der Waals surface area contributed by atoms with Crippen molar-refractivity contribution in [2.45, 2.75) is 46.3 Å². The number of hydrogen-bond acceptors (Lipinski definition) is 6. The number of benzene rings is 1. The van der Waals surface area contributed by atoms with Crippen molar-refractivity contribution < 1.29 is 18.4 Å². The Labute approximate surface area is 139 Å². The van der Waals surface area contributed by atoms with E-state index >= 15 is 0 Å². The number of hydrogen-bond donors (Lipinski definition) is 2. The number of aromatic nitrogens is 2. The number of nitrogens with zero attached hydrogens (tertiary/aromatic N) is 2. The van der Waals surface area contributed by atoms with E-state index in [0.29, 0.717) is 18.1 Å². The third kappa shape index (κ3) is 4.94. The molecule has 2 rings (SSSR count). The molecule has 0 bridgehead atoms. The maximum atomic E-state index is 14.1. The lowest BCUT2D eigenvalue weighted by molar-refractivity contribution is 0.0636. The number of aryl methyl sites for hydroxylation is 1. The van der Waals surface area contributed by atoms with Crippen molar-refractivity contribution in [2.24, 2.45) is 0 Å². The van der Waals surface area contributed by atoms with Crippen LogP contribution in [0, 0.1) is 5.82 Å². The summed E-state index contributed by atoms with van der Waals surface area (Å²) in [4.78, 5) is 16.0. The van der Waals surface area contributed by atoms with Crippen LogP contribution in [0.4, 0.5) is 20.6 Å². The van der Waals surface area contributed by atoms with Gasteiger partial charge in [-0.1, -0.05) is 18.1 Å². The molecule has 130 valence electrons. The first-order valence-corrected chi connectivity index (χ1v) is 7.62. The molecule has 0 unspecified atom stereocenters. The number of rotatable bonds is 5. The van der Waals surface area contributed by atoms with E-state index in [1.807, 2.05) is 6.92 Å². The fourth-order valence-corrected chi connectivity index (χ4v) is 1.89. The highest BCUT2D eigenvalue weighted by molar-refractivity contribution is 5.89. The van der Waals surface area contributed by atoms with Crippen molar-refractivity contribution in [3.63, 3.8) is 0 Å². The molecule has 1 aromatic heterocycles. The summed E-state index contributed by atoms with van der Waals surface area (Å²) in [5.41, 5.74) is -0.249. The standard InChI is InChI=1S/C16H21FN4O3/c1-5-13-20-12(21-24-13)9-18-14-10(17)7-6-8-11(14)19-15(22)23-16(2,3)4/h6-8,18H,5,9H2,1-4H3,(H,19,22). The number of carbonyl (C=O) groups is 1. The van der Waals surface area contributed by atoms with Gasteiger partial charge in [0.1, 0.15) is 11.4 Å². The zero-order chi connectivity index (χ0) is 17.7. The van der Waals surface area contributed by atoms with Gasteiger partial charge < -0.3 is 14.6 Å². The van der Waals surface area contributed by atoms with Crippen LogP contribution in [-0.2, 0) is 17.7 Å². The number of amides is 1. The summed E-state index contributed by atoms with van der Waals surface area (Å²) in [6, 6.07) is 4.36. The van der Waals surface area contributed by atoms with Crippen molar-refractivity contribution in [3.05, 3.63) is 35.7 Å². The molecule has 1 heterocycles. The summed E-state index contributed by atoms with van der Waals surface area (Å²) in [5.74, 6) is 0.397. The van der Waals surface area contributed by atoms with E-state index in [9.17, 15) is 9.18 Å². The topological polar surface area (TPSA) is 89.3 Å². The van der Waals surface area contributed by atoms with E-state index in [0.717, 1.165) is 0 Å². The number of para-hydroxylation sites is 1. The summed E-state index contributed by atoms with van der Waals surface area (Å²) in [5, 5.41) is 9.19. The SMILES string of the molecule is CCc1nc(CNc2c(F)cccc2NC(=O)OC(C)(C)C)no1. The molecule has 0 atom stereocenters. The van der Waals surface area contributed by atoms with Gasteiger partial charge in [0.05, 0.1) is 17.9 Å². The molecule has 0 saturated carbocycles. The highest BCUT2D eigenvalue weighted by Gasteiger charge is 2.18. The van der Waals surface area contributed by atoms with Gasteiger partial charge in [0, 0.05) is 6.42 Å². The van der Waals surface area contributed by atoms with Crippen LogP contribution in [-0.4, -0.2) is 21.8 Å². The van der Waals surface area contributed by atoms with Gasteiger partial charge >= 0.3 is 6.09 Å². The molecule has 0 aliphatic carbocycles. The van der Waals surface area contributed by atoms with E-state index in [2.05, 4.69) is 20.8 Å². The maximum Gasteiger partial charge on any atom is 0.412 e. The second-order valence-electron chi connectivity index (χ2n) is 6.10. The number of anilines is 2. The first kappa shape index (κ1) is 17.7. The van der Waals surface area contributed by atoms with Crippen LogP contribution < -0.4 is 10.6 Å². The lowest BCUT2D eigenvalue weighted by Gasteiger charge is -2.20. The number of nitrogens with one attached hydrogen (secondary N) is 2. The monoisotopic (exact) mass is 336 g/mol. The molecule has 0 saturated heterocycles. The Kier molecular flexibility index (Phi) is 5.38. The predicted octanol–water partition coefficient (Wildman–Crippen LogP) is 3.73. The van der Waals surface area contributed by atoms with Gasteiger partial charge in [0.25, 0.3) is 0 Å². The quantitative estimate of drug-likeness (QED) is 0.865. The Balaban J connectivity index is 2.10. The van der Waals surface area contributed by atoms with E-state index in [1.165, 1.54) is 12.1 Å². The Hall–Kier alpha value is -2.64. The number of halogens is 1. The van der Waals surface area contributed by atoms with Crippen molar-refractivity contribution in [1.29, 1.82) is 0 Å². The van der Waals surface area contributed by atoms with E-state index < -0.39 is 17.5 Å². The minimum absolute atomic E-state index is 0.131. The molecule has 0 spiro atoms. The van der Waals surface area contributed by atoms with Gasteiger partial charge in [-0.25, -0.2) is 9.18 Å². The molecule has 0 fully saturated rings. The predicted molar refractivity (Wildman–Crippen MR) is 87.3 cm³/mol. The fourth-order valence-electron chi connectivity index (χ4n) is 1.89. The third-order valence-corrected chi connectivity index (χ3v) is 2.89. The normalized spacial score (nSPS) is 11.2. The molecule has 0 aliphatic heterocycles. The number of ether oxygens (including phenoxy) is 1. The second-order valence-corrected chi connectivity index (χ2v) is 6.10. The van der Waals surface area contributed by atoms with Gasteiger partial charge in [-0.3, -0.25) is 5.32 Å². The van der Waals surface area contributed by atoms with E-state index in [-0.39, 0.29) is 17.9 Å². The Morgan fingerprint density at radius 3 is 2.75 bits per heavy atom. The minimum atomic E-state index is -0.663. The summed E-state index contributed by atoms with van der Waals surface area (Å²) in [6.07, 6.45) is -0.0398. The van der Waals surface area contributed by atoms with Crippen LogP contribution in [0.25, 0.3) is 0 Å². The van der Waals surface area contributed by atoms with Gasteiger partial charge in [0.15, 0.2) is 5.82 Å². The Morgan fingerprint density at radius 1 is 1.38 bits per heavy atom. The van der Waals surface area contributed by atoms with Crippen LogP contribution in [0.5, 0.6) is 0 Å². The second kappa shape index (κ2) is 7.29. The molecular weight excluding hydrogens is 315 g/mol. The van der Waals surface area contributed by atoms with Crippen LogP contribution in [0.3, 0.4) is 0 Å². The lowest BCUT2D eigenvalue weighted by Crippen LogP contribution is -2.27. The molecule has 2 N–H and O–H groups in total. The highest BCUT2D eigenvalue weighted by atomic mass is 19.1. The average molecular weight is 336 g/mol. The maximum absolute atomic E-state index is 14.1. The van der Waals surface area contributed by atoms with Gasteiger partial charge in [-0.15, -0.1) is 0 Å². The van der Waals surface area contributed by atoms with E-state index in [4.69, 9.17) is 9.26 Å². The molecule has 8 heteroatoms. The molecule has 0 radical (unpaired) electrons. The first-order valence-electron chi connectivity index (χ1n) is 7.62. The molecule has 24 heavy (non-hydrogen) atoms. The van der Waals surface area contributed by atoms with Crippen LogP contribution in [0.2, 0.25) is 0 Å². The van der Waals surface area contributed by atoms with E-state index in [1.54, 1.807) is 26.8 Å². The molecule has 1 amide bonds. The highest BCUT2D eigenvalue weighted by Crippen LogP contribution is 2.26. The third-order valence-electron chi connectivity index (χ3n) is 2.89. The largest absolute Gasteiger partial charge is 0.444 e. The van der Waals surface area contributed by atoms with Gasteiger partial charge in [-0.05, 0) is 32.9 Å². The summed E-state index contributed by atoms with van der Waals surface area (Å²) in [6.45, 7) is 7.30. The lowest BCUT2D eigenvalue weighted by atomic mass is 10.2. The first-order chi connectivity index (χ1) is 11.3. The van der Waals surface area contributed by atoms with Crippen molar-refractivity contribution in [3.8, 4) is 0 Å². The fraction of sp³-hybridized carbons (Fsp3) is 0.438. The molecule has 7 nitrogen and oxygen atoms in total. The smallest absolute Gasteiger partial charge is 0.412 e. The summed E-state index contributed by atoms with van der Waals surface area (Å²) >= 11 is 0. The minimum Gasteiger partial charge on any atom is -0.444 e. The number of carbonyl (C=O) groups excluding carboxylic acids is 1. The Morgan fingerprint density at radius 2 is 2.12 bits per heavy atom. The van der Waals surface area contributed by atoms with Gasteiger partial charge in [0.2, 0.25) is 5.89 Å². The zero-order valence-electron chi connectivity index (χ0n) is 14.1. The Bertz CT molecular complexity index is 710. The molecule has 1 aromatic carbocycles.